The van der Waals surface area contributed by atoms with Gasteiger partial charge in [-0.2, -0.15) is 0 Å². The zero-order valence-corrected chi connectivity index (χ0v) is 15.6. The number of amides is 1. The average Bonchev–Trinajstić information content (AvgIpc) is 2.74. The highest BCUT2D eigenvalue weighted by Gasteiger charge is 2.12. The zero-order valence-electron chi connectivity index (χ0n) is 15.6. The van der Waals surface area contributed by atoms with Crippen molar-refractivity contribution in [1.29, 1.82) is 0 Å². The molecule has 1 amide bonds. The van der Waals surface area contributed by atoms with Gasteiger partial charge in [-0.15, -0.1) is 0 Å². The van der Waals surface area contributed by atoms with Crippen LogP contribution >= 0.6 is 0 Å². The Bertz CT molecular complexity index is 876. The summed E-state index contributed by atoms with van der Waals surface area (Å²) in [4.78, 5) is 14.3. The van der Waals surface area contributed by atoms with Crippen LogP contribution < -0.4 is 9.47 Å². The Labute approximate surface area is 160 Å². The number of nitrogens with zero attached hydrogens (tertiary/aromatic N) is 1. The summed E-state index contributed by atoms with van der Waals surface area (Å²) in [6, 6.07) is 25.3. The molecular formula is C23H23NO3. The van der Waals surface area contributed by atoms with Crippen LogP contribution in [0.2, 0.25) is 0 Å². The lowest BCUT2D eigenvalue weighted by Crippen LogP contribution is -2.30. The van der Waals surface area contributed by atoms with Gasteiger partial charge in [0.25, 0.3) is 5.91 Å². The van der Waals surface area contributed by atoms with E-state index in [-0.39, 0.29) is 5.91 Å². The maximum atomic E-state index is 12.6. The van der Waals surface area contributed by atoms with E-state index in [1.807, 2.05) is 66.7 Å². The first-order valence-corrected chi connectivity index (χ1v) is 8.86. The van der Waals surface area contributed by atoms with Crippen LogP contribution in [0.1, 0.15) is 10.4 Å². The quantitative estimate of drug-likeness (QED) is 0.621. The summed E-state index contributed by atoms with van der Waals surface area (Å²) in [6.07, 6.45) is 0. The monoisotopic (exact) mass is 361 g/mol. The highest BCUT2D eigenvalue weighted by atomic mass is 16.5. The summed E-state index contributed by atoms with van der Waals surface area (Å²) >= 11 is 0. The SMILES string of the molecule is COc1ccccc1OCCN(C)C(=O)c1ccc(-c2ccccc2)cc1. The maximum absolute atomic E-state index is 12.6. The van der Waals surface area contributed by atoms with E-state index in [0.29, 0.717) is 30.2 Å². The van der Waals surface area contributed by atoms with Crippen LogP contribution in [0.4, 0.5) is 0 Å². The Kier molecular flexibility index (Phi) is 6.10. The molecule has 0 aromatic heterocycles. The lowest BCUT2D eigenvalue weighted by atomic mass is 10.0. The number of hydrogen-bond donors (Lipinski definition) is 0. The van der Waals surface area contributed by atoms with Crippen LogP contribution in [0.25, 0.3) is 11.1 Å². The normalized spacial score (nSPS) is 10.3. The number of hydrogen-bond acceptors (Lipinski definition) is 3. The molecule has 27 heavy (non-hydrogen) atoms. The van der Waals surface area contributed by atoms with E-state index < -0.39 is 0 Å². The molecule has 0 saturated heterocycles. The second-order valence-electron chi connectivity index (χ2n) is 6.17. The second kappa shape index (κ2) is 8.90. The highest BCUT2D eigenvalue weighted by Crippen LogP contribution is 2.25. The van der Waals surface area contributed by atoms with E-state index in [1.54, 1.807) is 19.1 Å². The minimum atomic E-state index is -0.0294. The van der Waals surface area contributed by atoms with Gasteiger partial charge in [-0.25, -0.2) is 0 Å². The molecule has 0 saturated carbocycles. The van der Waals surface area contributed by atoms with E-state index >= 15 is 0 Å². The first-order chi connectivity index (χ1) is 13.2. The van der Waals surface area contributed by atoms with Crippen molar-refractivity contribution in [2.75, 3.05) is 27.3 Å². The molecule has 0 heterocycles. The summed E-state index contributed by atoms with van der Waals surface area (Å²) in [6.45, 7) is 0.877. The van der Waals surface area contributed by atoms with Crippen molar-refractivity contribution in [3.8, 4) is 22.6 Å². The lowest BCUT2D eigenvalue weighted by molar-refractivity contribution is 0.0773. The minimum absolute atomic E-state index is 0.0294. The van der Waals surface area contributed by atoms with Crippen molar-refractivity contribution in [3.63, 3.8) is 0 Å². The summed E-state index contributed by atoms with van der Waals surface area (Å²) in [5.41, 5.74) is 2.89. The van der Waals surface area contributed by atoms with Crippen molar-refractivity contribution in [2.24, 2.45) is 0 Å². The van der Waals surface area contributed by atoms with Gasteiger partial charge in [-0.05, 0) is 35.4 Å². The smallest absolute Gasteiger partial charge is 0.253 e. The number of benzene rings is 3. The van der Waals surface area contributed by atoms with E-state index in [2.05, 4.69) is 12.1 Å². The zero-order chi connectivity index (χ0) is 19.1. The van der Waals surface area contributed by atoms with Gasteiger partial charge >= 0.3 is 0 Å². The molecule has 0 spiro atoms. The fraction of sp³-hybridized carbons (Fsp3) is 0.174. The predicted molar refractivity (Wildman–Crippen MR) is 107 cm³/mol. The Morgan fingerprint density at radius 3 is 2.07 bits per heavy atom. The molecule has 3 aromatic carbocycles. The molecule has 0 N–H and O–H groups in total. The molecule has 0 aliphatic heterocycles. The minimum Gasteiger partial charge on any atom is -0.493 e. The molecule has 4 heteroatoms. The highest BCUT2D eigenvalue weighted by molar-refractivity contribution is 5.94. The number of ether oxygens (including phenoxy) is 2. The van der Waals surface area contributed by atoms with Crippen molar-refractivity contribution in [1.82, 2.24) is 4.90 Å². The molecule has 0 unspecified atom stereocenters. The van der Waals surface area contributed by atoms with Gasteiger partial charge in [-0.3, -0.25) is 4.79 Å². The maximum Gasteiger partial charge on any atom is 0.253 e. The van der Waals surface area contributed by atoms with E-state index in [1.165, 1.54) is 0 Å². The molecule has 138 valence electrons. The summed E-state index contributed by atoms with van der Waals surface area (Å²) in [5, 5.41) is 0. The predicted octanol–water partition coefficient (Wildman–Crippen LogP) is 4.51. The molecular weight excluding hydrogens is 338 g/mol. The fourth-order valence-corrected chi connectivity index (χ4v) is 2.79. The lowest BCUT2D eigenvalue weighted by Gasteiger charge is -2.18. The van der Waals surface area contributed by atoms with Gasteiger partial charge in [0.05, 0.1) is 13.7 Å². The van der Waals surface area contributed by atoms with E-state index in [0.717, 1.165) is 11.1 Å². The Balaban J connectivity index is 1.57. The number of methoxy groups -OCH3 is 1. The van der Waals surface area contributed by atoms with Gasteiger partial charge in [0.15, 0.2) is 11.5 Å². The third-order valence-corrected chi connectivity index (χ3v) is 4.34. The van der Waals surface area contributed by atoms with Crippen molar-refractivity contribution in [2.45, 2.75) is 0 Å². The Hall–Kier alpha value is -3.27. The molecule has 3 rings (SSSR count). The summed E-state index contributed by atoms with van der Waals surface area (Å²) in [5.74, 6) is 1.33. The van der Waals surface area contributed by atoms with Gasteiger partial charge in [0, 0.05) is 12.6 Å². The third kappa shape index (κ3) is 4.67. The van der Waals surface area contributed by atoms with Crippen LogP contribution in [0.5, 0.6) is 11.5 Å². The third-order valence-electron chi connectivity index (χ3n) is 4.34. The van der Waals surface area contributed by atoms with Crippen molar-refractivity contribution < 1.29 is 14.3 Å². The fourth-order valence-electron chi connectivity index (χ4n) is 2.79. The average molecular weight is 361 g/mol. The molecule has 0 aliphatic carbocycles. The van der Waals surface area contributed by atoms with Crippen LogP contribution in [0.15, 0.2) is 78.9 Å². The Morgan fingerprint density at radius 2 is 1.41 bits per heavy atom. The second-order valence-corrected chi connectivity index (χ2v) is 6.17. The molecule has 4 nitrogen and oxygen atoms in total. The molecule has 0 bridgehead atoms. The number of rotatable bonds is 7. The van der Waals surface area contributed by atoms with Gasteiger partial charge < -0.3 is 14.4 Å². The topological polar surface area (TPSA) is 38.8 Å². The van der Waals surface area contributed by atoms with Gasteiger partial charge in [0.2, 0.25) is 0 Å². The molecule has 0 radical (unpaired) electrons. The van der Waals surface area contributed by atoms with Gasteiger partial charge in [-0.1, -0.05) is 54.6 Å². The summed E-state index contributed by atoms with van der Waals surface area (Å²) < 4.78 is 11.0. The largest absolute Gasteiger partial charge is 0.493 e. The first kappa shape index (κ1) is 18.5. The van der Waals surface area contributed by atoms with Crippen LogP contribution in [0, 0.1) is 0 Å². The number of likely N-dealkylation sites (N-methyl/N-ethyl adjacent to an activating group) is 1. The molecule has 3 aromatic rings. The number of para-hydroxylation sites is 2. The first-order valence-electron chi connectivity index (χ1n) is 8.86. The van der Waals surface area contributed by atoms with Crippen LogP contribution in [-0.2, 0) is 0 Å². The molecule has 0 aliphatic rings. The van der Waals surface area contributed by atoms with Crippen LogP contribution in [-0.4, -0.2) is 38.1 Å². The van der Waals surface area contributed by atoms with Crippen LogP contribution in [0.3, 0.4) is 0 Å². The molecule has 0 fully saturated rings. The Morgan fingerprint density at radius 1 is 0.815 bits per heavy atom. The van der Waals surface area contributed by atoms with Crippen molar-refractivity contribution >= 4 is 5.91 Å². The van der Waals surface area contributed by atoms with E-state index in [9.17, 15) is 4.79 Å². The number of carbonyl (C=O) groups is 1. The standard InChI is InChI=1S/C23H23NO3/c1-24(16-17-27-22-11-7-6-10-21(22)26-2)23(25)20-14-12-19(13-15-20)18-8-4-3-5-9-18/h3-15H,16-17H2,1-2H3. The molecule has 0 atom stereocenters. The number of carbonyl (C=O) groups excluding carboxylic acids is 1. The van der Waals surface area contributed by atoms with E-state index in [4.69, 9.17) is 9.47 Å². The summed E-state index contributed by atoms with van der Waals surface area (Å²) in [7, 11) is 3.38. The van der Waals surface area contributed by atoms with Crippen molar-refractivity contribution in [3.05, 3.63) is 84.4 Å². The van der Waals surface area contributed by atoms with Gasteiger partial charge in [0.1, 0.15) is 6.61 Å².